The number of nitrogens with two attached hydrogens (primary N) is 1. The number of pyridine rings is 2. The lowest BCUT2D eigenvalue weighted by atomic mass is 10.1. The quantitative estimate of drug-likeness (QED) is 0.787. The van der Waals surface area contributed by atoms with Gasteiger partial charge in [0.2, 0.25) is 0 Å². The van der Waals surface area contributed by atoms with Crippen molar-refractivity contribution in [3.05, 3.63) is 47.2 Å². The van der Waals surface area contributed by atoms with Crippen molar-refractivity contribution in [1.29, 1.82) is 0 Å². The number of hydrogen-bond acceptors (Lipinski definition) is 6. The summed E-state index contributed by atoms with van der Waals surface area (Å²) in [4.78, 5) is 15.5. The molecule has 1 aliphatic rings. The lowest BCUT2D eigenvalue weighted by molar-refractivity contribution is 0.994. The molecule has 4 rings (SSSR count). The van der Waals surface area contributed by atoms with Gasteiger partial charge in [-0.15, -0.1) is 11.3 Å². The summed E-state index contributed by atoms with van der Waals surface area (Å²) in [5.74, 6) is 0.557. The number of anilines is 3. The molecule has 0 amide bonds. The zero-order valence-corrected chi connectivity index (χ0v) is 13.0. The molecule has 1 aliphatic heterocycles. The SMILES string of the molecule is Cc1cc2c(c(-c3nc(N)cs3)n1)CCN2c1ccncc1. The minimum Gasteiger partial charge on any atom is -0.383 e. The Morgan fingerprint density at radius 2 is 2.05 bits per heavy atom. The van der Waals surface area contributed by atoms with Crippen LogP contribution >= 0.6 is 11.3 Å². The van der Waals surface area contributed by atoms with Gasteiger partial charge in [-0.05, 0) is 31.5 Å². The van der Waals surface area contributed by atoms with Crippen molar-refractivity contribution >= 4 is 28.5 Å². The summed E-state index contributed by atoms with van der Waals surface area (Å²) in [6.07, 6.45) is 4.60. The first kappa shape index (κ1) is 13.2. The normalized spacial score (nSPS) is 13.4. The zero-order valence-electron chi connectivity index (χ0n) is 12.2. The maximum atomic E-state index is 5.77. The second kappa shape index (κ2) is 5.06. The average molecular weight is 309 g/mol. The van der Waals surface area contributed by atoms with Crippen molar-refractivity contribution in [1.82, 2.24) is 15.0 Å². The number of nitrogen functional groups attached to an aromatic ring is 1. The molecule has 0 saturated heterocycles. The molecule has 5 nitrogen and oxygen atoms in total. The average Bonchev–Trinajstić information content (AvgIpc) is 3.13. The standard InChI is InChI=1S/C16H15N5S/c1-10-8-13-12(15(19-10)16-20-14(17)9-22-16)4-7-21(13)11-2-5-18-6-3-11/h2-3,5-6,8-9H,4,7,17H2,1H3. The van der Waals surface area contributed by atoms with E-state index in [1.807, 2.05) is 36.8 Å². The highest BCUT2D eigenvalue weighted by Gasteiger charge is 2.26. The number of aryl methyl sites for hydroxylation is 1. The minimum atomic E-state index is 0.557. The predicted octanol–water partition coefficient (Wildman–Crippen LogP) is 3.18. The summed E-state index contributed by atoms with van der Waals surface area (Å²) < 4.78 is 0. The van der Waals surface area contributed by atoms with E-state index in [0.29, 0.717) is 5.82 Å². The fourth-order valence-corrected chi connectivity index (χ4v) is 3.60. The van der Waals surface area contributed by atoms with Crippen molar-refractivity contribution in [3.63, 3.8) is 0 Å². The number of thiazole rings is 1. The van der Waals surface area contributed by atoms with Crippen molar-refractivity contribution in [2.24, 2.45) is 0 Å². The van der Waals surface area contributed by atoms with Gasteiger partial charge in [0.1, 0.15) is 16.5 Å². The highest BCUT2D eigenvalue weighted by Crippen LogP contribution is 2.40. The molecule has 6 heteroatoms. The molecule has 4 heterocycles. The molecule has 0 unspecified atom stereocenters. The molecule has 0 spiro atoms. The second-order valence-electron chi connectivity index (χ2n) is 5.29. The van der Waals surface area contributed by atoms with Gasteiger partial charge >= 0.3 is 0 Å². The first-order valence-corrected chi connectivity index (χ1v) is 8.00. The smallest absolute Gasteiger partial charge is 0.144 e. The molecule has 0 atom stereocenters. The summed E-state index contributed by atoms with van der Waals surface area (Å²) in [6, 6.07) is 6.21. The van der Waals surface area contributed by atoms with E-state index in [1.165, 1.54) is 11.3 Å². The molecule has 0 radical (unpaired) electrons. The van der Waals surface area contributed by atoms with Gasteiger partial charge in [-0.2, -0.15) is 0 Å². The Hall–Kier alpha value is -2.47. The molecular formula is C16H15N5S. The van der Waals surface area contributed by atoms with Crippen molar-refractivity contribution in [3.8, 4) is 10.7 Å². The van der Waals surface area contributed by atoms with Crippen LogP contribution in [-0.4, -0.2) is 21.5 Å². The van der Waals surface area contributed by atoms with Crippen LogP contribution in [0.15, 0.2) is 36.0 Å². The summed E-state index contributed by atoms with van der Waals surface area (Å²) in [7, 11) is 0. The van der Waals surface area contributed by atoms with E-state index in [1.54, 1.807) is 11.3 Å². The van der Waals surface area contributed by atoms with Crippen LogP contribution in [0.3, 0.4) is 0 Å². The van der Waals surface area contributed by atoms with E-state index in [9.17, 15) is 0 Å². The van der Waals surface area contributed by atoms with Gasteiger partial charge in [0.25, 0.3) is 0 Å². The lowest BCUT2D eigenvalue weighted by Gasteiger charge is -2.19. The van der Waals surface area contributed by atoms with Gasteiger partial charge in [-0.3, -0.25) is 9.97 Å². The van der Waals surface area contributed by atoms with Crippen LogP contribution in [0.2, 0.25) is 0 Å². The molecule has 2 N–H and O–H groups in total. The van der Waals surface area contributed by atoms with E-state index < -0.39 is 0 Å². The fraction of sp³-hybridized carbons (Fsp3) is 0.188. The van der Waals surface area contributed by atoms with Gasteiger partial charge in [0.15, 0.2) is 0 Å². The third-order valence-corrected chi connectivity index (χ3v) is 4.67. The van der Waals surface area contributed by atoms with Gasteiger partial charge in [0.05, 0.1) is 0 Å². The van der Waals surface area contributed by atoms with Crippen molar-refractivity contribution < 1.29 is 0 Å². The maximum Gasteiger partial charge on any atom is 0.144 e. The summed E-state index contributed by atoms with van der Waals surface area (Å²) >= 11 is 1.55. The van der Waals surface area contributed by atoms with Crippen LogP contribution < -0.4 is 10.6 Å². The monoisotopic (exact) mass is 309 g/mol. The molecule has 110 valence electrons. The van der Waals surface area contributed by atoms with Gasteiger partial charge < -0.3 is 10.6 Å². The molecule has 22 heavy (non-hydrogen) atoms. The number of nitrogens with zero attached hydrogens (tertiary/aromatic N) is 4. The number of hydrogen-bond donors (Lipinski definition) is 1. The van der Waals surface area contributed by atoms with Crippen LogP contribution in [0, 0.1) is 6.92 Å². The van der Waals surface area contributed by atoms with Gasteiger partial charge in [-0.25, -0.2) is 4.98 Å². The lowest BCUT2D eigenvalue weighted by Crippen LogP contribution is -2.13. The highest BCUT2D eigenvalue weighted by molar-refractivity contribution is 7.13. The van der Waals surface area contributed by atoms with E-state index >= 15 is 0 Å². The Labute approximate surface area is 132 Å². The summed E-state index contributed by atoms with van der Waals surface area (Å²) in [6.45, 7) is 2.96. The summed E-state index contributed by atoms with van der Waals surface area (Å²) in [5, 5.41) is 2.76. The van der Waals surface area contributed by atoms with Crippen LogP contribution in [0.25, 0.3) is 10.7 Å². The van der Waals surface area contributed by atoms with Gasteiger partial charge in [0, 0.05) is 47.0 Å². The third kappa shape index (κ3) is 2.12. The van der Waals surface area contributed by atoms with Crippen LogP contribution in [0.1, 0.15) is 11.3 Å². The molecule has 0 bridgehead atoms. The topological polar surface area (TPSA) is 67.9 Å². The zero-order chi connectivity index (χ0) is 15.1. The van der Waals surface area contributed by atoms with E-state index in [0.717, 1.165) is 35.0 Å². The van der Waals surface area contributed by atoms with Crippen LogP contribution in [-0.2, 0) is 6.42 Å². The summed E-state index contributed by atoms with van der Waals surface area (Å²) in [5.41, 5.74) is 11.3. The predicted molar refractivity (Wildman–Crippen MR) is 89.4 cm³/mol. The van der Waals surface area contributed by atoms with E-state index in [2.05, 4.69) is 20.9 Å². The maximum absolute atomic E-state index is 5.77. The molecule has 0 aliphatic carbocycles. The molecule has 0 fully saturated rings. The van der Waals surface area contributed by atoms with E-state index in [4.69, 9.17) is 10.7 Å². The van der Waals surface area contributed by atoms with Gasteiger partial charge in [-0.1, -0.05) is 0 Å². The Bertz CT molecular complexity index is 828. The molecule has 0 saturated carbocycles. The Morgan fingerprint density at radius 1 is 1.23 bits per heavy atom. The minimum absolute atomic E-state index is 0.557. The molecular weight excluding hydrogens is 294 g/mol. The van der Waals surface area contributed by atoms with Crippen molar-refractivity contribution in [2.75, 3.05) is 17.2 Å². The number of rotatable bonds is 2. The molecule has 0 aromatic carbocycles. The van der Waals surface area contributed by atoms with Crippen LogP contribution in [0.4, 0.5) is 17.2 Å². The number of aromatic nitrogens is 3. The van der Waals surface area contributed by atoms with Crippen molar-refractivity contribution in [2.45, 2.75) is 13.3 Å². The fourth-order valence-electron chi connectivity index (χ4n) is 2.88. The largest absolute Gasteiger partial charge is 0.383 e. The highest BCUT2D eigenvalue weighted by atomic mass is 32.1. The Kier molecular flexibility index (Phi) is 3.04. The van der Waals surface area contributed by atoms with E-state index in [-0.39, 0.29) is 0 Å². The molecule has 3 aromatic heterocycles. The first-order valence-electron chi connectivity index (χ1n) is 7.12. The first-order chi connectivity index (χ1) is 10.7. The van der Waals surface area contributed by atoms with Crippen LogP contribution in [0.5, 0.6) is 0 Å². The number of fused-ring (bicyclic) bond motifs is 1. The third-order valence-electron chi connectivity index (χ3n) is 3.80. The molecule has 3 aromatic rings. The second-order valence-corrected chi connectivity index (χ2v) is 6.15. The Balaban J connectivity index is 1.86. The Morgan fingerprint density at radius 3 is 2.77 bits per heavy atom.